The number of aliphatic hydroxyl groups excluding tert-OH is 1. The molecule has 4 rings (SSSR count). The van der Waals surface area contributed by atoms with Crippen LogP contribution in [0.15, 0.2) is 30.3 Å². The van der Waals surface area contributed by atoms with Gasteiger partial charge in [0, 0.05) is 5.30 Å². The van der Waals surface area contributed by atoms with E-state index in [0.717, 1.165) is 0 Å². The summed E-state index contributed by atoms with van der Waals surface area (Å²) in [5, 5.41) is 11.3. The third-order valence-corrected chi connectivity index (χ3v) is 7.49. The number of rotatable bonds is 2. The van der Waals surface area contributed by atoms with Crippen molar-refractivity contribution in [3.05, 3.63) is 30.3 Å². The SMILES string of the molecule is CC1(C)O[C@H]2[C@@H]([C@H]3COC(C)(C)O3)O[P@@](=O)(c3ccccc3)[C@@H](O)[C@H]2O1. The van der Waals surface area contributed by atoms with Gasteiger partial charge in [0.05, 0.1) is 6.61 Å². The molecule has 3 aliphatic heterocycles. The van der Waals surface area contributed by atoms with Crippen molar-refractivity contribution < 1.29 is 33.1 Å². The Morgan fingerprint density at radius 2 is 1.62 bits per heavy atom. The van der Waals surface area contributed by atoms with E-state index in [1.165, 1.54) is 0 Å². The van der Waals surface area contributed by atoms with E-state index in [4.69, 9.17) is 23.5 Å². The van der Waals surface area contributed by atoms with Gasteiger partial charge < -0.3 is 28.6 Å². The second-order valence-corrected chi connectivity index (χ2v) is 10.3. The lowest BCUT2D eigenvalue weighted by molar-refractivity contribution is -0.174. The second-order valence-electron chi connectivity index (χ2n) is 7.85. The lowest BCUT2D eigenvalue weighted by Crippen LogP contribution is -2.55. The molecule has 1 N–H and O–H groups in total. The fraction of sp³-hybridized carbons (Fsp3) is 0.667. The van der Waals surface area contributed by atoms with Crippen molar-refractivity contribution in [2.45, 2.75) is 69.5 Å². The summed E-state index contributed by atoms with van der Waals surface area (Å²) in [6, 6.07) is 8.73. The van der Waals surface area contributed by atoms with E-state index in [1.54, 1.807) is 38.1 Å². The van der Waals surface area contributed by atoms with E-state index >= 15 is 0 Å². The van der Waals surface area contributed by atoms with Crippen molar-refractivity contribution in [3.63, 3.8) is 0 Å². The Balaban J connectivity index is 1.72. The van der Waals surface area contributed by atoms with Gasteiger partial charge in [0.25, 0.3) is 7.37 Å². The molecular weight excluding hydrogens is 359 g/mol. The number of hydrogen-bond acceptors (Lipinski definition) is 7. The molecule has 26 heavy (non-hydrogen) atoms. The molecule has 0 amide bonds. The molecule has 3 fully saturated rings. The van der Waals surface area contributed by atoms with Crippen molar-refractivity contribution in [3.8, 4) is 0 Å². The lowest BCUT2D eigenvalue weighted by atomic mass is 10.0. The average molecular weight is 384 g/mol. The molecule has 7 nitrogen and oxygen atoms in total. The highest BCUT2D eigenvalue weighted by Crippen LogP contribution is 2.60. The van der Waals surface area contributed by atoms with Gasteiger partial charge in [-0.2, -0.15) is 0 Å². The minimum Gasteiger partial charge on any atom is -0.380 e. The van der Waals surface area contributed by atoms with Gasteiger partial charge in [0.2, 0.25) is 0 Å². The van der Waals surface area contributed by atoms with Gasteiger partial charge in [0.1, 0.15) is 24.4 Å². The zero-order valence-electron chi connectivity index (χ0n) is 15.3. The first-order valence-electron chi connectivity index (χ1n) is 8.81. The Kier molecular flexibility index (Phi) is 4.36. The number of fused-ring (bicyclic) bond motifs is 1. The van der Waals surface area contributed by atoms with Crippen molar-refractivity contribution in [2.24, 2.45) is 0 Å². The van der Waals surface area contributed by atoms with Crippen LogP contribution < -0.4 is 5.30 Å². The normalized spacial score (nSPS) is 44.0. The van der Waals surface area contributed by atoms with Crippen LogP contribution in [-0.2, 0) is 28.0 Å². The molecule has 3 heterocycles. The monoisotopic (exact) mass is 384 g/mol. The van der Waals surface area contributed by atoms with Crippen LogP contribution in [0.1, 0.15) is 27.7 Å². The third kappa shape index (κ3) is 3.06. The summed E-state index contributed by atoms with van der Waals surface area (Å²) in [5.41, 5.74) is 0. The summed E-state index contributed by atoms with van der Waals surface area (Å²) in [4.78, 5) is 0. The number of benzene rings is 1. The molecule has 0 bridgehead atoms. The standard InChI is InChI=1S/C18H25O7P/c1-17(2)21-10-12(22-17)13-14-15(24-18(3,4)23-14)16(19)26(20,25-13)11-8-6-5-7-9-11/h5-9,12-16,19H,10H2,1-4H3/t12-,13-,14+,15+,16-,26+/m1/s1. The first-order chi connectivity index (χ1) is 12.1. The highest BCUT2D eigenvalue weighted by molar-refractivity contribution is 7.67. The summed E-state index contributed by atoms with van der Waals surface area (Å²) in [6.07, 6.45) is -2.53. The van der Waals surface area contributed by atoms with Gasteiger partial charge in [-0.15, -0.1) is 0 Å². The Morgan fingerprint density at radius 3 is 2.23 bits per heavy atom. The molecule has 1 aromatic rings. The van der Waals surface area contributed by atoms with E-state index in [0.29, 0.717) is 5.30 Å². The molecule has 3 aliphatic rings. The van der Waals surface area contributed by atoms with Crippen LogP contribution in [0.4, 0.5) is 0 Å². The summed E-state index contributed by atoms with van der Waals surface area (Å²) < 4.78 is 43.3. The van der Waals surface area contributed by atoms with E-state index in [9.17, 15) is 9.67 Å². The van der Waals surface area contributed by atoms with Crippen LogP contribution in [0.5, 0.6) is 0 Å². The van der Waals surface area contributed by atoms with E-state index in [-0.39, 0.29) is 6.61 Å². The largest absolute Gasteiger partial charge is 0.380 e. The molecule has 0 saturated carbocycles. The molecule has 1 aromatic carbocycles. The average Bonchev–Trinajstić information content (AvgIpc) is 3.10. The molecule has 0 radical (unpaired) electrons. The van der Waals surface area contributed by atoms with Crippen LogP contribution in [0, 0.1) is 0 Å². The van der Waals surface area contributed by atoms with Crippen molar-refractivity contribution in [2.75, 3.05) is 6.61 Å². The van der Waals surface area contributed by atoms with Gasteiger partial charge >= 0.3 is 0 Å². The van der Waals surface area contributed by atoms with Crippen LogP contribution in [-0.4, -0.2) is 53.5 Å². The first kappa shape index (κ1) is 18.6. The fourth-order valence-corrected chi connectivity index (χ4v) is 6.18. The Bertz CT molecular complexity index is 720. The van der Waals surface area contributed by atoms with E-state index in [2.05, 4.69) is 0 Å². The maximum atomic E-state index is 13.7. The van der Waals surface area contributed by atoms with Crippen molar-refractivity contribution in [1.29, 1.82) is 0 Å². The summed E-state index contributed by atoms with van der Waals surface area (Å²) >= 11 is 0. The van der Waals surface area contributed by atoms with E-state index < -0.39 is 49.2 Å². The predicted molar refractivity (Wildman–Crippen MR) is 93.3 cm³/mol. The molecule has 8 heteroatoms. The van der Waals surface area contributed by atoms with Gasteiger partial charge in [-0.25, -0.2) is 0 Å². The molecule has 0 spiro atoms. The molecule has 144 valence electrons. The van der Waals surface area contributed by atoms with Gasteiger partial charge in [-0.3, -0.25) is 4.57 Å². The molecular formula is C18H25O7P. The van der Waals surface area contributed by atoms with Gasteiger partial charge in [-0.05, 0) is 39.8 Å². The van der Waals surface area contributed by atoms with E-state index in [1.807, 2.05) is 19.9 Å². The van der Waals surface area contributed by atoms with Gasteiger partial charge in [-0.1, -0.05) is 18.2 Å². The highest BCUT2D eigenvalue weighted by Gasteiger charge is 2.62. The quantitative estimate of drug-likeness (QED) is 0.781. The van der Waals surface area contributed by atoms with Crippen LogP contribution >= 0.6 is 7.37 Å². The Labute approximate surface area is 153 Å². The van der Waals surface area contributed by atoms with Crippen LogP contribution in [0.25, 0.3) is 0 Å². The summed E-state index contributed by atoms with van der Waals surface area (Å²) in [7, 11) is -3.62. The van der Waals surface area contributed by atoms with Crippen LogP contribution in [0.2, 0.25) is 0 Å². The zero-order valence-corrected chi connectivity index (χ0v) is 16.2. The molecule has 3 saturated heterocycles. The molecule has 0 aliphatic carbocycles. The van der Waals surface area contributed by atoms with Gasteiger partial charge in [0.15, 0.2) is 17.4 Å². The van der Waals surface area contributed by atoms with Crippen molar-refractivity contribution in [1.82, 2.24) is 0 Å². The smallest absolute Gasteiger partial charge is 0.262 e. The third-order valence-electron chi connectivity index (χ3n) is 4.92. The molecule has 0 aromatic heterocycles. The fourth-order valence-electron chi connectivity index (χ4n) is 3.80. The predicted octanol–water partition coefficient (Wildman–Crippen LogP) is 1.98. The topological polar surface area (TPSA) is 83.5 Å². The molecule has 6 atom stereocenters. The second kappa shape index (κ2) is 6.11. The summed E-state index contributed by atoms with van der Waals surface area (Å²) in [6.45, 7) is 7.44. The zero-order chi connectivity index (χ0) is 18.7. The number of aliphatic hydroxyl groups is 1. The number of ether oxygens (including phenoxy) is 4. The minimum atomic E-state index is -3.62. The minimum absolute atomic E-state index is 0.287. The van der Waals surface area contributed by atoms with Crippen molar-refractivity contribution >= 4 is 12.7 Å². The van der Waals surface area contributed by atoms with Crippen LogP contribution in [0.3, 0.4) is 0 Å². The Hall–Kier alpha value is -0.790. The number of hydrogen-bond donors (Lipinski definition) is 1. The first-order valence-corrected chi connectivity index (χ1v) is 10.5. The lowest BCUT2D eigenvalue weighted by Gasteiger charge is -2.41. The highest BCUT2D eigenvalue weighted by atomic mass is 31.2. The Morgan fingerprint density at radius 1 is 0.962 bits per heavy atom. The summed E-state index contributed by atoms with van der Waals surface area (Å²) in [5.74, 6) is -2.99. The maximum absolute atomic E-state index is 13.7. The molecule has 0 unspecified atom stereocenters. The maximum Gasteiger partial charge on any atom is 0.262 e.